The normalized spacial score (nSPS) is 11.5. The average Bonchev–Trinajstić information content (AvgIpc) is 2.76. The maximum absolute atomic E-state index is 12.6. The van der Waals surface area contributed by atoms with Gasteiger partial charge in [0.25, 0.3) is 11.8 Å². The predicted octanol–water partition coefficient (Wildman–Crippen LogP) is 5.93. The second-order valence-corrected chi connectivity index (χ2v) is 8.26. The van der Waals surface area contributed by atoms with Gasteiger partial charge in [-0.1, -0.05) is 29.3 Å². The molecule has 0 heterocycles. The summed E-state index contributed by atoms with van der Waals surface area (Å²) in [6, 6.07) is 15.6. The number of benzene rings is 3. The molecule has 7 heteroatoms. The van der Waals surface area contributed by atoms with Crippen LogP contribution in [0.4, 0.5) is 11.4 Å². The van der Waals surface area contributed by atoms with E-state index >= 15 is 0 Å². The van der Waals surface area contributed by atoms with E-state index in [1.54, 1.807) is 49.4 Å². The number of hydrogen-bond donors (Lipinski definition) is 2. The second kappa shape index (κ2) is 10.4. The molecule has 3 rings (SSSR count). The Hall–Kier alpha value is -3.51. The third kappa shape index (κ3) is 6.05. The maximum atomic E-state index is 12.6. The zero-order chi connectivity index (χ0) is 24.1. The topological polar surface area (TPSA) is 76.7 Å². The summed E-state index contributed by atoms with van der Waals surface area (Å²) in [7, 11) is 1.53. The van der Waals surface area contributed by atoms with Crippen molar-refractivity contribution in [2.24, 2.45) is 0 Å². The van der Waals surface area contributed by atoms with Crippen LogP contribution in [-0.2, 0) is 4.79 Å². The number of amides is 2. The van der Waals surface area contributed by atoms with Crippen molar-refractivity contribution in [3.63, 3.8) is 0 Å². The lowest BCUT2D eigenvalue weighted by atomic mass is 10.0. The highest BCUT2D eigenvalue weighted by Crippen LogP contribution is 2.27. The highest BCUT2D eigenvalue weighted by atomic mass is 35.5. The van der Waals surface area contributed by atoms with E-state index < -0.39 is 6.10 Å². The number of hydrogen-bond acceptors (Lipinski definition) is 4. The van der Waals surface area contributed by atoms with Crippen LogP contribution in [0.1, 0.15) is 34.0 Å². The van der Waals surface area contributed by atoms with E-state index in [-0.39, 0.29) is 11.8 Å². The van der Waals surface area contributed by atoms with Gasteiger partial charge in [0.1, 0.15) is 11.5 Å². The summed E-state index contributed by atoms with van der Waals surface area (Å²) >= 11 is 6.10. The fourth-order valence-electron chi connectivity index (χ4n) is 3.49. The van der Waals surface area contributed by atoms with Gasteiger partial charge in [-0.25, -0.2) is 0 Å². The summed E-state index contributed by atoms with van der Waals surface area (Å²) in [5.74, 6) is 0.475. The molecule has 33 heavy (non-hydrogen) atoms. The number of carbonyl (C=O) groups excluding carboxylic acids is 2. The Morgan fingerprint density at radius 2 is 1.55 bits per heavy atom. The molecule has 0 saturated heterocycles. The Bertz CT molecular complexity index is 1150. The third-order valence-corrected chi connectivity index (χ3v) is 5.43. The number of aryl methyl sites for hydroxylation is 3. The van der Waals surface area contributed by atoms with Crippen LogP contribution in [0.3, 0.4) is 0 Å². The Morgan fingerprint density at radius 3 is 2.12 bits per heavy atom. The molecule has 0 saturated carbocycles. The number of nitrogens with one attached hydrogen (secondary N) is 2. The first-order valence-electron chi connectivity index (χ1n) is 10.5. The fraction of sp³-hybridized carbons (Fsp3) is 0.231. The standard InChI is InChI=1S/C26H27ClN2O4/c1-15-12-16(2)24(17(3)13-15)29-25(30)18(4)33-21-9-6-19(7-10-21)26(31)28-20-8-11-23(32-5)22(27)14-20/h6-14,18H,1-5H3,(H,28,31)(H,29,30)/t18-/m1/s1. The first kappa shape index (κ1) is 24.1. The van der Waals surface area contributed by atoms with Crippen LogP contribution >= 0.6 is 11.6 Å². The van der Waals surface area contributed by atoms with Crippen molar-refractivity contribution >= 4 is 34.8 Å². The van der Waals surface area contributed by atoms with E-state index in [1.807, 2.05) is 32.9 Å². The minimum Gasteiger partial charge on any atom is -0.495 e. The van der Waals surface area contributed by atoms with Gasteiger partial charge in [0.2, 0.25) is 0 Å². The van der Waals surface area contributed by atoms with Gasteiger partial charge in [-0.3, -0.25) is 9.59 Å². The fourth-order valence-corrected chi connectivity index (χ4v) is 3.75. The summed E-state index contributed by atoms with van der Waals surface area (Å²) in [5.41, 5.74) is 4.94. The van der Waals surface area contributed by atoms with Crippen LogP contribution in [0.2, 0.25) is 5.02 Å². The predicted molar refractivity (Wildman–Crippen MR) is 132 cm³/mol. The number of ether oxygens (including phenoxy) is 2. The molecule has 1 atom stereocenters. The third-order valence-electron chi connectivity index (χ3n) is 5.13. The zero-order valence-corrected chi connectivity index (χ0v) is 20.0. The minimum absolute atomic E-state index is 0.247. The molecule has 172 valence electrons. The Morgan fingerprint density at radius 1 is 0.909 bits per heavy atom. The van der Waals surface area contributed by atoms with E-state index in [1.165, 1.54) is 7.11 Å². The van der Waals surface area contributed by atoms with Crippen molar-refractivity contribution in [2.45, 2.75) is 33.8 Å². The SMILES string of the molecule is COc1ccc(NC(=O)c2ccc(O[C@H](C)C(=O)Nc3c(C)cc(C)cc3C)cc2)cc1Cl. The lowest BCUT2D eigenvalue weighted by Crippen LogP contribution is -2.30. The number of halogens is 1. The molecule has 2 amide bonds. The van der Waals surface area contributed by atoms with Gasteiger partial charge in [0.15, 0.2) is 6.10 Å². The van der Waals surface area contributed by atoms with Gasteiger partial charge in [-0.2, -0.15) is 0 Å². The molecule has 0 aliphatic rings. The Balaban J connectivity index is 1.61. The lowest BCUT2D eigenvalue weighted by molar-refractivity contribution is -0.122. The van der Waals surface area contributed by atoms with E-state index in [9.17, 15) is 9.59 Å². The quantitative estimate of drug-likeness (QED) is 0.452. The summed E-state index contributed by atoms with van der Waals surface area (Å²) < 4.78 is 10.9. The van der Waals surface area contributed by atoms with Gasteiger partial charge < -0.3 is 20.1 Å². The van der Waals surface area contributed by atoms with E-state index in [0.717, 1.165) is 22.4 Å². The first-order chi connectivity index (χ1) is 15.7. The smallest absolute Gasteiger partial charge is 0.265 e. The van der Waals surface area contributed by atoms with Crippen LogP contribution in [0, 0.1) is 20.8 Å². The molecule has 0 aromatic heterocycles. The molecule has 3 aromatic rings. The van der Waals surface area contributed by atoms with Crippen molar-refractivity contribution in [1.29, 1.82) is 0 Å². The minimum atomic E-state index is -0.716. The molecule has 0 bridgehead atoms. The average molecular weight is 467 g/mol. The van der Waals surface area contributed by atoms with Crippen molar-refractivity contribution < 1.29 is 19.1 Å². The van der Waals surface area contributed by atoms with Crippen LogP contribution in [-0.4, -0.2) is 25.0 Å². The largest absolute Gasteiger partial charge is 0.495 e. The number of anilines is 2. The second-order valence-electron chi connectivity index (χ2n) is 7.85. The molecule has 0 spiro atoms. The van der Waals surface area contributed by atoms with Crippen molar-refractivity contribution in [1.82, 2.24) is 0 Å². The van der Waals surface area contributed by atoms with Gasteiger partial charge in [-0.05, 0) is 81.3 Å². The molecule has 0 unspecified atom stereocenters. The summed E-state index contributed by atoms with van der Waals surface area (Å²) in [4.78, 5) is 25.2. The van der Waals surface area contributed by atoms with Gasteiger partial charge in [-0.15, -0.1) is 0 Å². The molecular formula is C26H27ClN2O4. The Kier molecular flexibility index (Phi) is 7.61. The van der Waals surface area contributed by atoms with Gasteiger partial charge in [0, 0.05) is 16.9 Å². The molecule has 0 fully saturated rings. The van der Waals surface area contributed by atoms with Crippen LogP contribution in [0.25, 0.3) is 0 Å². The van der Waals surface area contributed by atoms with E-state index in [0.29, 0.717) is 27.8 Å². The van der Waals surface area contributed by atoms with E-state index in [2.05, 4.69) is 10.6 Å². The highest BCUT2D eigenvalue weighted by molar-refractivity contribution is 6.32. The molecule has 2 N–H and O–H groups in total. The summed E-state index contributed by atoms with van der Waals surface area (Å²) in [6.45, 7) is 7.63. The van der Waals surface area contributed by atoms with Crippen LogP contribution in [0.15, 0.2) is 54.6 Å². The first-order valence-corrected chi connectivity index (χ1v) is 10.9. The van der Waals surface area contributed by atoms with Crippen molar-refractivity contribution in [2.75, 3.05) is 17.7 Å². The van der Waals surface area contributed by atoms with Crippen LogP contribution in [0.5, 0.6) is 11.5 Å². The van der Waals surface area contributed by atoms with Crippen molar-refractivity contribution in [3.05, 3.63) is 81.9 Å². The maximum Gasteiger partial charge on any atom is 0.265 e. The van der Waals surface area contributed by atoms with Crippen molar-refractivity contribution in [3.8, 4) is 11.5 Å². The van der Waals surface area contributed by atoms with Gasteiger partial charge in [0.05, 0.1) is 12.1 Å². The molecule has 3 aromatic carbocycles. The zero-order valence-electron chi connectivity index (χ0n) is 19.3. The molecule has 0 radical (unpaired) electrons. The number of rotatable bonds is 7. The molecule has 0 aliphatic heterocycles. The van der Waals surface area contributed by atoms with E-state index in [4.69, 9.17) is 21.1 Å². The Labute approximate surface area is 198 Å². The highest BCUT2D eigenvalue weighted by Gasteiger charge is 2.17. The molecule has 6 nitrogen and oxygen atoms in total. The number of carbonyl (C=O) groups is 2. The molecular weight excluding hydrogens is 440 g/mol. The summed E-state index contributed by atoms with van der Waals surface area (Å²) in [5, 5.41) is 6.14. The monoisotopic (exact) mass is 466 g/mol. The van der Waals surface area contributed by atoms with Crippen LogP contribution < -0.4 is 20.1 Å². The lowest BCUT2D eigenvalue weighted by Gasteiger charge is -2.18. The molecule has 0 aliphatic carbocycles. The number of methoxy groups -OCH3 is 1. The van der Waals surface area contributed by atoms with Gasteiger partial charge >= 0.3 is 0 Å². The summed E-state index contributed by atoms with van der Waals surface area (Å²) in [6.07, 6.45) is -0.716.